The van der Waals surface area contributed by atoms with Crippen LogP contribution < -0.4 is 10.2 Å². The molecule has 1 aromatic carbocycles. The maximum absolute atomic E-state index is 12.6. The number of nitrogens with one attached hydrogen (secondary N) is 1. The lowest BCUT2D eigenvalue weighted by molar-refractivity contribution is -0.122. The van der Waals surface area contributed by atoms with Gasteiger partial charge in [0.05, 0.1) is 5.69 Å². The first-order valence-electron chi connectivity index (χ1n) is 6.25. The molecule has 0 saturated carbocycles. The molecule has 1 aromatic heterocycles. The molecule has 3 rings (SSSR count). The first-order chi connectivity index (χ1) is 10.6. The summed E-state index contributed by atoms with van der Waals surface area (Å²) in [6.45, 7) is 0. The lowest BCUT2D eigenvalue weighted by Gasteiger charge is -2.28. The summed E-state index contributed by atoms with van der Waals surface area (Å²) in [7, 11) is 0. The average Bonchev–Trinajstić information content (AvgIpc) is 2.98. The summed E-state index contributed by atoms with van der Waals surface area (Å²) in [5, 5.41) is 6.87. The van der Waals surface area contributed by atoms with Crippen LogP contribution in [0.3, 0.4) is 0 Å². The molecule has 1 saturated heterocycles. The van der Waals surface area contributed by atoms with Crippen molar-refractivity contribution in [1.82, 2.24) is 5.32 Å². The highest BCUT2D eigenvalue weighted by Crippen LogP contribution is 2.23. The fraction of sp³-hybridized carbons (Fsp3) is 0. The highest BCUT2D eigenvalue weighted by Gasteiger charge is 2.34. The molecule has 22 heavy (non-hydrogen) atoms. The minimum atomic E-state index is -0.494. The van der Waals surface area contributed by atoms with Crippen molar-refractivity contribution in [2.75, 3.05) is 4.90 Å². The zero-order chi connectivity index (χ0) is 15.7. The third kappa shape index (κ3) is 2.81. The third-order valence-corrected chi connectivity index (χ3v) is 4.28. The second-order valence-electron chi connectivity index (χ2n) is 4.49. The van der Waals surface area contributed by atoms with Crippen molar-refractivity contribution in [3.8, 4) is 0 Å². The Morgan fingerprint density at radius 2 is 1.91 bits per heavy atom. The Kier molecular flexibility index (Phi) is 4.06. The van der Waals surface area contributed by atoms with Crippen molar-refractivity contribution < 1.29 is 9.59 Å². The van der Waals surface area contributed by atoms with Gasteiger partial charge in [-0.15, -0.1) is 0 Å². The van der Waals surface area contributed by atoms with Gasteiger partial charge in [-0.1, -0.05) is 11.6 Å². The van der Waals surface area contributed by atoms with Gasteiger partial charge >= 0.3 is 0 Å². The van der Waals surface area contributed by atoms with Crippen LogP contribution in [-0.2, 0) is 9.59 Å². The molecule has 0 atom stereocenters. The van der Waals surface area contributed by atoms with E-state index in [4.69, 9.17) is 23.8 Å². The average molecular weight is 349 g/mol. The molecule has 0 bridgehead atoms. The largest absolute Gasteiger partial charge is 0.298 e. The van der Waals surface area contributed by atoms with Gasteiger partial charge in [0.15, 0.2) is 5.11 Å². The summed E-state index contributed by atoms with van der Waals surface area (Å²) in [6.07, 6.45) is 1.55. The molecular weight excluding hydrogens is 340 g/mol. The van der Waals surface area contributed by atoms with Gasteiger partial charge in [0.25, 0.3) is 11.8 Å². The van der Waals surface area contributed by atoms with Crippen molar-refractivity contribution in [3.63, 3.8) is 0 Å². The molecule has 1 aliphatic rings. The molecule has 110 valence electrons. The van der Waals surface area contributed by atoms with Crippen LogP contribution >= 0.6 is 35.2 Å². The molecule has 1 aliphatic heterocycles. The molecule has 2 heterocycles. The summed E-state index contributed by atoms with van der Waals surface area (Å²) in [4.78, 5) is 26.0. The van der Waals surface area contributed by atoms with Crippen molar-refractivity contribution in [3.05, 3.63) is 57.3 Å². The second kappa shape index (κ2) is 6.00. The highest BCUT2D eigenvalue weighted by molar-refractivity contribution is 7.80. The Balaban J connectivity index is 2.01. The van der Waals surface area contributed by atoms with Crippen molar-refractivity contribution in [2.45, 2.75) is 0 Å². The zero-order valence-corrected chi connectivity index (χ0v) is 13.5. The number of thiocarbonyl (C=S) groups is 1. The Labute approximate surface area is 141 Å². The number of hydrogen-bond acceptors (Lipinski definition) is 4. The fourth-order valence-corrected chi connectivity index (χ4v) is 3.03. The Morgan fingerprint density at radius 3 is 2.55 bits per heavy atom. The number of amides is 2. The lowest BCUT2D eigenvalue weighted by atomic mass is 10.1. The van der Waals surface area contributed by atoms with Gasteiger partial charge < -0.3 is 0 Å². The maximum atomic E-state index is 12.6. The number of rotatable bonds is 2. The third-order valence-electron chi connectivity index (χ3n) is 3.04. The Morgan fingerprint density at radius 1 is 1.18 bits per heavy atom. The first kappa shape index (κ1) is 14.9. The van der Waals surface area contributed by atoms with E-state index in [1.165, 1.54) is 16.2 Å². The molecule has 0 unspecified atom stereocenters. The predicted octanol–water partition coefficient (Wildman–Crippen LogP) is 3.23. The van der Waals surface area contributed by atoms with Crippen molar-refractivity contribution in [1.29, 1.82) is 0 Å². The molecule has 1 fully saturated rings. The lowest BCUT2D eigenvalue weighted by Crippen LogP contribution is -2.54. The second-order valence-corrected chi connectivity index (χ2v) is 6.09. The molecule has 0 aliphatic carbocycles. The van der Waals surface area contributed by atoms with Crippen LogP contribution in [-0.4, -0.2) is 16.9 Å². The van der Waals surface area contributed by atoms with Crippen LogP contribution in [0.5, 0.6) is 0 Å². The zero-order valence-electron chi connectivity index (χ0n) is 11.1. The number of nitrogens with zero attached hydrogens (tertiary/aromatic N) is 1. The van der Waals surface area contributed by atoms with E-state index in [2.05, 4.69) is 5.32 Å². The number of anilines is 1. The summed E-state index contributed by atoms with van der Waals surface area (Å²) < 4.78 is 0. The maximum Gasteiger partial charge on any atom is 0.270 e. The van der Waals surface area contributed by atoms with E-state index in [-0.39, 0.29) is 10.7 Å². The van der Waals surface area contributed by atoms with Crippen LogP contribution in [0.2, 0.25) is 5.02 Å². The molecule has 7 heteroatoms. The van der Waals surface area contributed by atoms with Crippen LogP contribution in [0.4, 0.5) is 5.69 Å². The van der Waals surface area contributed by atoms with E-state index >= 15 is 0 Å². The minimum Gasteiger partial charge on any atom is -0.298 e. The number of hydrogen-bond donors (Lipinski definition) is 1. The molecule has 4 nitrogen and oxygen atoms in total. The van der Waals surface area contributed by atoms with Gasteiger partial charge in [-0.25, -0.2) is 0 Å². The fourth-order valence-electron chi connectivity index (χ4n) is 2.01. The summed E-state index contributed by atoms with van der Waals surface area (Å²) in [5.41, 5.74) is 1.39. The number of halogens is 1. The van der Waals surface area contributed by atoms with Crippen molar-refractivity contribution in [2.24, 2.45) is 0 Å². The van der Waals surface area contributed by atoms with E-state index in [0.29, 0.717) is 10.7 Å². The van der Waals surface area contributed by atoms with E-state index in [0.717, 1.165) is 5.56 Å². The number of benzene rings is 1. The van der Waals surface area contributed by atoms with Crippen LogP contribution in [0.15, 0.2) is 46.7 Å². The van der Waals surface area contributed by atoms with Gasteiger partial charge in [-0.2, -0.15) is 11.3 Å². The van der Waals surface area contributed by atoms with E-state index in [9.17, 15) is 9.59 Å². The molecule has 0 radical (unpaired) electrons. The van der Waals surface area contributed by atoms with Gasteiger partial charge in [0, 0.05) is 5.02 Å². The normalized spacial score (nSPS) is 17.0. The quantitative estimate of drug-likeness (QED) is 0.515. The monoisotopic (exact) mass is 348 g/mol. The highest BCUT2D eigenvalue weighted by atomic mass is 35.5. The SMILES string of the molecule is O=C1NC(=S)N(c2ccc(Cl)cc2)C(=O)/C1=C/c1ccsc1. The van der Waals surface area contributed by atoms with Gasteiger partial charge in [-0.3, -0.25) is 19.8 Å². The van der Waals surface area contributed by atoms with E-state index in [1.54, 1.807) is 30.3 Å². The van der Waals surface area contributed by atoms with Gasteiger partial charge in [0.2, 0.25) is 0 Å². The summed E-state index contributed by atoms with van der Waals surface area (Å²) >= 11 is 12.5. The topological polar surface area (TPSA) is 49.4 Å². The standard InChI is InChI=1S/C15H9ClN2O2S2/c16-10-1-3-11(4-2-10)18-14(20)12(13(19)17-15(18)21)7-9-5-6-22-8-9/h1-8H,(H,17,19,21)/b12-7+. The predicted molar refractivity (Wildman–Crippen MR) is 92.0 cm³/mol. The van der Waals surface area contributed by atoms with Crippen molar-refractivity contribution >= 4 is 63.8 Å². The molecule has 2 amide bonds. The molecular formula is C15H9ClN2O2S2. The molecule has 0 spiro atoms. The summed E-state index contributed by atoms with van der Waals surface area (Å²) in [5.74, 6) is -0.950. The smallest absolute Gasteiger partial charge is 0.270 e. The first-order valence-corrected chi connectivity index (χ1v) is 7.98. The van der Waals surface area contributed by atoms with Crippen LogP contribution in [0.25, 0.3) is 6.08 Å². The Bertz CT molecular complexity index is 782. The van der Waals surface area contributed by atoms with Gasteiger partial charge in [-0.05, 0) is 64.9 Å². The van der Waals surface area contributed by atoms with Crippen LogP contribution in [0.1, 0.15) is 5.56 Å². The van der Waals surface area contributed by atoms with Gasteiger partial charge in [0.1, 0.15) is 5.57 Å². The van der Waals surface area contributed by atoms with E-state index < -0.39 is 11.8 Å². The molecule has 1 N–H and O–H groups in total. The number of thiophene rings is 1. The van der Waals surface area contributed by atoms with E-state index in [1.807, 2.05) is 16.8 Å². The minimum absolute atomic E-state index is 0.0435. The van der Waals surface area contributed by atoms with Crippen LogP contribution in [0, 0.1) is 0 Å². The Hall–Kier alpha value is -2.02. The molecule has 2 aromatic rings. The number of carbonyl (C=O) groups excluding carboxylic acids is 2. The summed E-state index contributed by atoms with van der Waals surface area (Å²) in [6, 6.07) is 8.49. The number of carbonyl (C=O) groups is 2.